The summed E-state index contributed by atoms with van der Waals surface area (Å²) in [4.78, 5) is 10.4. The molecule has 102 valence electrons. The van der Waals surface area contributed by atoms with Crippen molar-refractivity contribution in [1.29, 1.82) is 0 Å². The maximum Gasteiger partial charge on any atom is 0.223 e. The molecule has 0 amide bonds. The van der Waals surface area contributed by atoms with Crippen LogP contribution in [0.1, 0.15) is 19.5 Å². The average Bonchev–Trinajstić information content (AvgIpc) is 2.80. The van der Waals surface area contributed by atoms with Crippen LogP contribution in [-0.2, 0) is 6.54 Å². The molecule has 0 aliphatic carbocycles. The van der Waals surface area contributed by atoms with Crippen molar-refractivity contribution >= 4 is 17.6 Å². The number of hydrogen-bond acceptors (Lipinski definition) is 6. The molecule has 19 heavy (non-hydrogen) atoms. The third kappa shape index (κ3) is 3.57. The lowest BCUT2D eigenvalue weighted by atomic mass is 10.3. The number of nitrogens with two attached hydrogens (primary N) is 1. The van der Waals surface area contributed by atoms with Gasteiger partial charge in [-0.2, -0.15) is 15.1 Å². The molecule has 2 rings (SSSR count). The molecule has 0 unspecified atom stereocenters. The molecule has 0 saturated carbocycles. The maximum absolute atomic E-state index is 5.74. The van der Waals surface area contributed by atoms with E-state index in [0.717, 1.165) is 17.3 Å². The Labute approximate surface area is 112 Å². The zero-order valence-corrected chi connectivity index (χ0v) is 11.4. The molecule has 2 heterocycles. The molecule has 0 aliphatic rings. The third-order valence-electron chi connectivity index (χ3n) is 2.52. The van der Waals surface area contributed by atoms with E-state index in [-0.39, 0.29) is 5.95 Å². The highest BCUT2D eigenvalue weighted by Gasteiger charge is 2.09. The maximum atomic E-state index is 5.74. The SMILES string of the molecule is CC(C)Nc1cc(N(C)Cc2ccn[nH]2)nc(N)n1. The molecule has 2 aromatic rings. The summed E-state index contributed by atoms with van der Waals surface area (Å²) in [5, 5.41) is 10.1. The van der Waals surface area contributed by atoms with Crippen LogP contribution in [0.25, 0.3) is 0 Å². The normalized spacial score (nSPS) is 10.7. The molecule has 0 atom stereocenters. The van der Waals surface area contributed by atoms with Gasteiger partial charge in [0.25, 0.3) is 0 Å². The Hall–Kier alpha value is -2.31. The summed E-state index contributed by atoms with van der Waals surface area (Å²) >= 11 is 0. The number of aromatic amines is 1. The van der Waals surface area contributed by atoms with Gasteiger partial charge >= 0.3 is 0 Å². The quantitative estimate of drug-likeness (QED) is 0.749. The van der Waals surface area contributed by atoms with Crippen LogP contribution in [0, 0.1) is 0 Å². The minimum absolute atomic E-state index is 0.261. The Morgan fingerprint density at radius 3 is 2.84 bits per heavy atom. The molecule has 0 aliphatic heterocycles. The van der Waals surface area contributed by atoms with E-state index in [9.17, 15) is 0 Å². The van der Waals surface area contributed by atoms with E-state index >= 15 is 0 Å². The van der Waals surface area contributed by atoms with Crippen LogP contribution in [0.2, 0.25) is 0 Å². The highest BCUT2D eigenvalue weighted by atomic mass is 15.2. The van der Waals surface area contributed by atoms with Crippen molar-refractivity contribution in [3.8, 4) is 0 Å². The molecule has 0 radical (unpaired) electrons. The average molecular weight is 261 g/mol. The van der Waals surface area contributed by atoms with Gasteiger partial charge in [0.1, 0.15) is 11.6 Å². The van der Waals surface area contributed by atoms with E-state index in [1.54, 1.807) is 6.20 Å². The lowest BCUT2D eigenvalue weighted by molar-refractivity contribution is 0.846. The molecule has 0 spiro atoms. The zero-order valence-electron chi connectivity index (χ0n) is 11.4. The Balaban J connectivity index is 2.16. The second-order valence-corrected chi connectivity index (χ2v) is 4.71. The summed E-state index contributed by atoms with van der Waals surface area (Å²) in [5.41, 5.74) is 6.75. The molecule has 0 saturated heterocycles. The van der Waals surface area contributed by atoms with E-state index in [2.05, 4.69) is 25.5 Å². The van der Waals surface area contributed by atoms with Gasteiger partial charge < -0.3 is 16.0 Å². The van der Waals surface area contributed by atoms with Crippen molar-refractivity contribution in [3.05, 3.63) is 24.0 Å². The summed E-state index contributed by atoms with van der Waals surface area (Å²) in [5.74, 6) is 1.76. The minimum atomic E-state index is 0.261. The largest absolute Gasteiger partial charge is 0.368 e. The molecular formula is C12H19N7. The molecule has 7 heteroatoms. The Bertz CT molecular complexity index is 521. The first-order valence-corrected chi connectivity index (χ1v) is 6.15. The van der Waals surface area contributed by atoms with Gasteiger partial charge in [0.05, 0.1) is 12.2 Å². The number of aromatic nitrogens is 4. The van der Waals surface area contributed by atoms with E-state index in [1.807, 2.05) is 37.9 Å². The van der Waals surface area contributed by atoms with Crippen LogP contribution in [0.15, 0.2) is 18.3 Å². The van der Waals surface area contributed by atoms with Gasteiger partial charge in [-0.25, -0.2) is 0 Å². The second-order valence-electron chi connectivity index (χ2n) is 4.71. The minimum Gasteiger partial charge on any atom is -0.368 e. The van der Waals surface area contributed by atoms with Gasteiger partial charge in [0, 0.05) is 25.4 Å². The first kappa shape index (κ1) is 13.1. The third-order valence-corrected chi connectivity index (χ3v) is 2.52. The lowest BCUT2D eigenvalue weighted by Crippen LogP contribution is -2.20. The molecule has 0 fully saturated rings. The van der Waals surface area contributed by atoms with Crippen molar-refractivity contribution in [2.45, 2.75) is 26.4 Å². The second kappa shape index (κ2) is 5.55. The van der Waals surface area contributed by atoms with Crippen LogP contribution in [0.3, 0.4) is 0 Å². The van der Waals surface area contributed by atoms with Crippen molar-refractivity contribution in [2.75, 3.05) is 23.0 Å². The summed E-state index contributed by atoms with van der Waals surface area (Å²) < 4.78 is 0. The van der Waals surface area contributed by atoms with E-state index < -0.39 is 0 Å². The smallest absolute Gasteiger partial charge is 0.223 e. The Morgan fingerprint density at radius 2 is 2.21 bits per heavy atom. The standard InChI is InChI=1S/C12H19N7/c1-8(2)15-10-6-11(17-12(13)16-10)19(3)7-9-4-5-14-18-9/h4-6,8H,7H2,1-3H3,(H,14,18)(H3,13,15,16,17). The number of nitrogens with one attached hydrogen (secondary N) is 2. The monoisotopic (exact) mass is 261 g/mol. The fourth-order valence-electron chi connectivity index (χ4n) is 1.73. The van der Waals surface area contributed by atoms with Crippen LogP contribution < -0.4 is 16.0 Å². The highest BCUT2D eigenvalue weighted by Crippen LogP contribution is 2.17. The lowest BCUT2D eigenvalue weighted by Gasteiger charge is -2.19. The number of anilines is 3. The molecule has 4 N–H and O–H groups in total. The van der Waals surface area contributed by atoms with Gasteiger partial charge in [-0.05, 0) is 19.9 Å². The number of H-pyrrole nitrogens is 1. The first-order chi connectivity index (χ1) is 9.04. The molecule has 0 bridgehead atoms. The van der Waals surface area contributed by atoms with Gasteiger partial charge in [0.2, 0.25) is 5.95 Å². The predicted octanol–water partition coefficient (Wildman–Crippen LogP) is 1.24. The van der Waals surface area contributed by atoms with Gasteiger partial charge in [-0.15, -0.1) is 0 Å². The summed E-state index contributed by atoms with van der Waals surface area (Å²) in [7, 11) is 1.95. The fourth-order valence-corrected chi connectivity index (χ4v) is 1.73. The summed E-state index contributed by atoms with van der Waals surface area (Å²) in [6.45, 7) is 4.77. The van der Waals surface area contributed by atoms with Crippen LogP contribution >= 0.6 is 0 Å². The highest BCUT2D eigenvalue weighted by molar-refractivity contribution is 5.52. The van der Waals surface area contributed by atoms with E-state index in [1.165, 1.54) is 0 Å². The van der Waals surface area contributed by atoms with Gasteiger partial charge in [0.15, 0.2) is 0 Å². The zero-order chi connectivity index (χ0) is 13.8. The van der Waals surface area contributed by atoms with Crippen LogP contribution in [0.4, 0.5) is 17.6 Å². The van der Waals surface area contributed by atoms with Crippen molar-refractivity contribution in [1.82, 2.24) is 20.2 Å². The van der Waals surface area contributed by atoms with Crippen LogP contribution in [-0.4, -0.2) is 33.3 Å². The number of nitrogens with zero attached hydrogens (tertiary/aromatic N) is 4. The number of hydrogen-bond donors (Lipinski definition) is 3. The van der Waals surface area contributed by atoms with Crippen LogP contribution in [0.5, 0.6) is 0 Å². The van der Waals surface area contributed by atoms with E-state index in [4.69, 9.17) is 5.73 Å². The van der Waals surface area contributed by atoms with Gasteiger partial charge in [-0.3, -0.25) is 5.10 Å². The first-order valence-electron chi connectivity index (χ1n) is 6.15. The molecule has 7 nitrogen and oxygen atoms in total. The van der Waals surface area contributed by atoms with Gasteiger partial charge in [-0.1, -0.05) is 0 Å². The molecule has 2 aromatic heterocycles. The topological polar surface area (TPSA) is 95.8 Å². The summed E-state index contributed by atoms with van der Waals surface area (Å²) in [6, 6.07) is 4.10. The molecular weight excluding hydrogens is 242 g/mol. The molecule has 0 aromatic carbocycles. The Morgan fingerprint density at radius 1 is 1.42 bits per heavy atom. The summed E-state index contributed by atoms with van der Waals surface area (Å²) in [6.07, 6.45) is 1.73. The Kier molecular flexibility index (Phi) is 3.84. The van der Waals surface area contributed by atoms with Crippen molar-refractivity contribution in [2.24, 2.45) is 0 Å². The fraction of sp³-hybridized carbons (Fsp3) is 0.417. The van der Waals surface area contributed by atoms with E-state index in [0.29, 0.717) is 12.6 Å². The number of nitrogen functional groups attached to an aromatic ring is 1. The number of rotatable bonds is 5. The van der Waals surface area contributed by atoms with Crippen molar-refractivity contribution < 1.29 is 0 Å². The van der Waals surface area contributed by atoms with Crippen molar-refractivity contribution in [3.63, 3.8) is 0 Å². The predicted molar refractivity (Wildman–Crippen MR) is 75.9 cm³/mol.